The van der Waals surface area contributed by atoms with Gasteiger partial charge in [-0.3, -0.25) is 0 Å². The van der Waals surface area contributed by atoms with Crippen LogP contribution < -0.4 is 10.6 Å². The monoisotopic (exact) mass is 264 g/mol. The van der Waals surface area contributed by atoms with Crippen molar-refractivity contribution in [3.05, 3.63) is 23.9 Å². The summed E-state index contributed by atoms with van der Waals surface area (Å²) in [7, 11) is 1.74. The van der Waals surface area contributed by atoms with Gasteiger partial charge >= 0.3 is 0 Å². The van der Waals surface area contributed by atoms with E-state index in [-0.39, 0.29) is 5.84 Å². The van der Waals surface area contributed by atoms with E-state index in [9.17, 15) is 0 Å². The van der Waals surface area contributed by atoms with Crippen molar-refractivity contribution in [1.82, 2.24) is 4.98 Å². The summed E-state index contributed by atoms with van der Waals surface area (Å²) in [5.74, 6) is 1.49. The first-order valence-corrected chi connectivity index (χ1v) is 6.43. The van der Waals surface area contributed by atoms with E-state index in [2.05, 4.69) is 15.0 Å². The van der Waals surface area contributed by atoms with E-state index in [0.29, 0.717) is 11.5 Å². The minimum absolute atomic E-state index is 0.0992. The number of methoxy groups -OCH3 is 1. The molecule has 0 bridgehead atoms. The maximum absolute atomic E-state index is 8.82. The minimum atomic E-state index is 0.0992. The van der Waals surface area contributed by atoms with Crippen molar-refractivity contribution in [2.24, 2.45) is 16.8 Å². The lowest BCUT2D eigenvalue weighted by Crippen LogP contribution is -2.37. The van der Waals surface area contributed by atoms with Gasteiger partial charge in [-0.2, -0.15) is 0 Å². The Kier molecular flexibility index (Phi) is 4.57. The van der Waals surface area contributed by atoms with Gasteiger partial charge in [0.2, 0.25) is 0 Å². The molecule has 1 aliphatic rings. The third-order valence-electron chi connectivity index (χ3n) is 3.49. The summed E-state index contributed by atoms with van der Waals surface area (Å²) in [4.78, 5) is 6.55. The maximum Gasteiger partial charge on any atom is 0.173 e. The molecule has 1 aliphatic heterocycles. The maximum atomic E-state index is 8.82. The van der Waals surface area contributed by atoms with Crippen molar-refractivity contribution < 1.29 is 9.94 Å². The number of amidine groups is 1. The second-order valence-corrected chi connectivity index (χ2v) is 4.75. The lowest BCUT2D eigenvalue weighted by Gasteiger charge is -2.33. The number of pyridine rings is 1. The van der Waals surface area contributed by atoms with Crippen LogP contribution in [0.1, 0.15) is 18.4 Å². The molecule has 0 saturated carbocycles. The second-order valence-electron chi connectivity index (χ2n) is 4.75. The molecule has 0 radical (unpaired) electrons. The van der Waals surface area contributed by atoms with Crippen LogP contribution in [-0.2, 0) is 4.74 Å². The highest BCUT2D eigenvalue weighted by molar-refractivity contribution is 6.01. The zero-order valence-electron chi connectivity index (χ0n) is 11.1. The van der Waals surface area contributed by atoms with Gasteiger partial charge in [0.25, 0.3) is 0 Å². The van der Waals surface area contributed by atoms with E-state index in [0.717, 1.165) is 38.4 Å². The summed E-state index contributed by atoms with van der Waals surface area (Å²) in [6.45, 7) is 2.64. The molecule has 0 spiro atoms. The zero-order valence-corrected chi connectivity index (χ0v) is 11.1. The van der Waals surface area contributed by atoms with Crippen LogP contribution in [0.5, 0.6) is 0 Å². The largest absolute Gasteiger partial charge is 0.409 e. The standard InChI is InChI=1S/C13H20N4O2/c1-19-9-10-4-7-17(8-5-10)13-11(12(14)16-18)3-2-6-15-13/h2-3,6,10,18H,4-5,7-9H2,1H3,(H2,14,16). The number of piperidine rings is 1. The lowest BCUT2D eigenvalue weighted by atomic mass is 9.97. The van der Waals surface area contributed by atoms with Gasteiger partial charge in [0, 0.05) is 33.0 Å². The fourth-order valence-corrected chi connectivity index (χ4v) is 2.45. The number of hydrogen-bond acceptors (Lipinski definition) is 5. The molecule has 1 aromatic rings. The Morgan fingerprint density at radius 3 is 2.95 bits per heavy atom. The molecule has 0 aromatic carbocycles. The van der Waals surface area contributed by atoms with Crippen molar-refractivity contribution in [3.63, 3.8) is 0 Å². The Morgan fingerprint density at radius 2 is 2.32 bits per heavy atom. The van der Waals surface area contributed by atoms with Crippen LogP contribution >= 0.6 is 0 Å². The Morgan fingerprint density at radius 1 is 1.58 bits per heavy atom. The number of oxime groups is 1. The smallest absolute Gasteiger partial charge is 0.173 e. The number of nitrogens with two attached hydrogens (primary N) is 1. The predicted octanol–water partition coefficient (Wildman–Crippen LogP) is 1.04. The second kappa shape index (κ2) is 6.38. The van der Waals surface area contributed by atoms with E-state index < -0.39 is 0 Å². The quantitative estimate of drug-likeness (QED) is 0.367. The number of rotatable bonds is 4. The Labute approximate surface area is 112 Å². The Hall–Kier alpha value is -1.82. The van der Waals surface area contributed by atoms with E-state index in [4.69, 9.17) is 15.7 Å². The van der Waals surface area contributed by atoms with Crippen LogP contribution in [-0.4, -0.2) is 42.8 Å². The average molecular weight is 264 g/mol. The van der Waals surface area contributed by atoms with E-state index in [1.54, 1.807) is 19.4 Å². The van der Waals surface area contributed by atoms with Gasteiger partial charge in [-0.1, -0.05) is 5.16 Å². The normalized spacial score (nSPS) is 17.7. The third-order valence-corrected chi connectivity index (χ3v) is 3.49. The summed E-state index contributed by atoms with van der Waals surface area (Å²) in [6, 6.07) is 3.60. The van der Waals surface area contributed by atoms with Crippen LogP contribution in [0.2, 0.25) is 0 Å². The number of anilines is 1. The molecule has 1 saturated heterocycles. The van der Waals surface area contributed by atoms with Crippen LogP contribution in [0.4, 0.5) is 5.82 Å². The fourth-order valence-electron chi connectivity index (χ4n) is 2.45. The molecule has 1 aromatic heterocycles. The first-order valence-electron chi connectivity index (χ1n) is 6.43. The molecule has 0 aliphatic carbocycles. The van der Waals surface area contributed by atoms with E-state index in [1.807, 2.05) is 6.07 Å². The third kappa shape index (κ3) is 3.14. The van der Waals surface area contributed by atoms with Gasteiger partial charge in [0.15, 0.2) is 5.84 Å². The van der Waals surface area contributed by atoms with E-state index >= 15 is 0 Å². The predicted molar refractivity (Wildman–Crippen MR) is 73.6 cm³/mol. The molecule has 2 heterocycles. The lowest BCUT2D eigenvalue weighted by molar-refractivity contribution is 0.139. The van der Waals surface area contributed by atoms with Crippen molar-refractivity contribution in [3.8, 4) is 0 Å². The summed E-state index contributed by atoms with van der Waals surface area (Å²) >= 11 is 0. The van der Waals surface area contributed by atoms with Crippen molar-refractivity contribution >= 4 is 11.7 Å². The Balaban J connectivity index is 2.11. The molecule has 1 fully saturated rings. The molecule has 19 heavy (non-hydrogen) atoms. The van der Waals surface area contributed by atoms with Gasteiger partial charge in [-0.25, -0.2) is 4.98 Å². The number of ether oxygens (including phenoxy) is 1. The summed E-state index contributed by atoms with van der Waals surface area (Å²) in [5.41, 5.74) is 6.37. The molecular weight excluding hydrogens is 244 g/mol. The molecule has 104 valence electrons. The van der Waals surface area contributed by atoms with Crippen molar-refractivity contribution in [2.75, 3.05) is 31.7 Å². The number of aromatic nitrogens is 1. The van der Waals surface area contributed by atoms with Gasteiger partial charge in [-0.05, 0) is 30.9 Å². The SMILES string of the molecule is COCC1CCN(c2ncccc2C(N)=NO)CC1. The van der Waals surface area contributed by atoms with Crippen LogP contribution in [0.15, 0.2) is 23.5 Å². The summed E-state index contributed by atoms with van der Waals surface area (Å²) < 4.78 is 5.20. The highest BCUT2D eigenvalue weighted by Crippen LogP contribution is 2.24. The first kappa shape index (κ1) is 13.6. The van der Waals surface area contributed by atoms with Gasteiger partial charge < -0.3 is 20.6 Å². The van der Waals surface area contributed by atoms with Gasteiger partial charge in [0.1, 0.15) is 5.82 Å². The van der Waals surface area contributed by atoms with Crippen LogP contribution in [0.25, 0.3) is 0 Å². The zero-order chi connectivity index (χ0) is 13.7. The highest BCUT2D eigenvalue weighted by atomic mass is 16.5. The summed E-state index contributed by atoms with van der Waals surface area (Å²) in [5, 5.41) is 11.9. The molecule has 3 N–H and O–H groups in total. The first-order chi connectivity index (χ1) is 9.26. The minimum Gasteiger partial charge on any atom is -0.409 e. The number of nitrogens with zero attached hydrogens (tertiary/aromatic N) is 3. The molecule has 0 unspecified atom stereocenters. The van der Waals surface area contributed by atoms with Crippen molar-refractivity contribution in [2.45, 2.75) is 12.8 Å². The van der Waals surface area contributed by atoms with E-state index in [1.165, 1.54) is 0 Å². The molecule has 2 rings (SSSR count). The number of hydrogen-bond donors (Lipinski definition) is 2. The molecule has 0 atom stereocenters. The van der Waals surface area contributed by atoms with Gasteiger partial charge in [-0.15, -0.1) is 0 Å². The molecule has 6 nitrogen and oxygen atoms in total. The van der Waals surface area contributed by atoms with Gasteiger partial charge in [0.05, 0.1) is 5.56 Å². The van der Waals surface area contributed by atoms with Crippen molar-refractivity contribution in [1.29, 1.82) is 0 Å². The Bertz CT molecular complexity index is 442. The molecule has 6 heteroatoms. The fraction of sp³-hybridized carbons (Fsp3) is 0.538. The average Bonchev–Trinajstić information content (AvgIpc) is 2.47. The topological polar surface area (TPSA) is 84.0 Å². The highest BCUT2D eigenvalue weighted by Gasteiger charge is 2.22. The van der Waals surface area contributed by atoms with Crippen LogP contribution in [0, 0.1) is 5.92 Å². The summed E-state index contributed by atoms with van der Waals surface area (Å²) in [6.07, 6.45) is 3.87. The van der Waals surface area contributed by atoms with Crippen LogP contribution in [0.3, 0.4) is 0 Å². The molecular formula is C13H20N4O2. The molecule has 0 amide bonds.